The maximum Gasteiger partial charge on any atom is 0.169 e. The zero-order chi connectivity index (χ0) is 13.2. The summed E-state index contributed by atoms with van der Waals surface area (Å²) in [6.45, 7) is 7.94. The van der Waals surface area contributed by atoms with Crippen LogP contribution < -0.4 is 0 Å². The molecule has 0 amide bonds. The standard InChI is InChI=1S/C12H19BrN2O2/c1-5-12(4,17)10(16)7-9-11(13)8(3)14-15(9)6-2/h17H,5-7H2,1-4H3. The summed E-state index contributed by atoms with van der Waals surface area (Å²) in [4.78, 5) is 12.0. The molecule has 17 heavy (non-hydrogen) atoms. The van der Waals surface area contributed by atoms with Crippen LogP contribution in [0.25, 0.3) is 0 Å². The summed E-state index contributed by atoms with van der Waals surface area (Å²) < 4.78 is 2.66. The van der Waals surface area contributed by atoms with Gasteiger partial charge in [-0.15, -0.1) is 0 Å². The number of halogens is 1. The fourth-order valence-corrected chi connectivity index (χ4v) is 2.00. The second-order valence-corrected chi connectivity index (χ2v) is 5.18. The predicted molar refractivity (Wildman–Crippen MR) is 70.0 cm³/mol. The summed E-state index contributed by atoms with van der Waals surface area (Å²) in [6.07, 6.45) is 0.624. The van der Waals surface area contributed by atoms with Crippen molar-refractivity contribution < 1.29 is 9.90 Å². The molecule has 0 radical (unpaired) electrons. The third kappa shape index (κ3) is 2.96. The van der Waals surface area contributed by atoms with Gasteiger partial charge in [0.05, 0.1) is 22.3 Å². The molecule has 0 spiro atoms. The van der Waals surface area contributed by atoms with Crippen molar-refractivity contribution in [3.63, 3.8) is 0 Å². The Morgan fingerprint density at radius 2 is 2.12 bits per heavy atom. The maximum atomic E-state index is 12.0. The molecule has 0 aliphatic heterocycles. The summed E-state index contributed by atoms with van der Waals surface area (Å²) in [5, 5.41) is 14.2. The van der Waals surface area contributed by atoms with Gasteiger partial charge < -0.3 is 5.11 Å². The van der Waals surface area contributed by atoms with Crippen molar-refractivity contribution in [2.75, 3.05) is 0 Å². The Morgan fingerprint density at radius 1 is 1.53 bits per heavy atom. The average Bonchev–Trinajstić information content (AvgIpc) is 2.56. The highest BCUT2D eigenvalue weighted by Gasteiger charge is 2.29. The van der Waals surface area contributed by atoms with Gasteiger partial charge in [-0.2, -0.15) is 5.10 Å². The molecule has 1 unspecified atom stereocenters. The number of nitrogens with zero attached hydrogens (tertiary/aromatic N) is 2. The lowest BCUT2D eigenvalue weighted by Gasteiger charge is -2.19. The first-order valence-electron chi connectivity index (χ1n) is 5.81. The normalized spacial score (nSPS) is 14.7. The van der Waals surface area contributed by atoms with Crippen molar-refractivity contribution in [1.82, 2.24) is 9.78 Å². The van der Waals surface area contributed by atoms with Crippen molar-refractivity contribution in [2.45, 2.75) is 52.7 Å². The first-order chi connectivity index (χ1) is 7.83. The minimum atomic E-state index is -1.25. The number of carbonyl (C=O) groups is 1. The summed E-state index contributed by atoms with van der Waals surface area (Å²) in [5.41, 5.74) is 0.449. The van der Waals surface area contributed by atoms with Crippen LogP contribution in [0.1, 0.15) is 38.6 Å². The van der Waals surface area contributed by atoms with Gasteiger partial charge in [-0.1, -0.05) is 6.92 Å². The van der Waals surface area contributed by atoms with Gasteiger partial charge in [-0.25, -0.2) is 0 Å². The molecule has 0 aliphatic carbocycles. The molecule has 0 aliphatic rings. The maximum absolute atomic E-state index is 12.0. The number of hydrogen-bond acceptors (Lipinski definition) is 3. The predicted octanol–water partition coefficient (Wildman–Crippen LogP) is 2.25. The van der Waals surface area contributed by atoms with Crippen molar-refractivity contribution >= 4 is 21.7 Å². The third-order valence-corrected chi connectivity index (χ3v) is 4.10. The third-order valence-electron chi connectivity index (χ3n) is 3.07. The van der Waals surface area contributed by atoms with E-state index in [-0.39, 0.29) is 12.2 Å². The SMILES string of the molecule is CCn1nc(C)c(Br)c1CC(=O)C(C)(O)CC. The van der Waals surface area contributed by atoms with Crippen LogP contribution in [-0.2, 0) is 17.8 Å². The first-order valence-corrected chi connectivity index (χ1v) is 6.60. The van der Waals surface area contributed by atoms with Crippen molar-refractivity contribution in [1.29, 1.82) is 0 Å². The van der Waals surface area contributed by atoms with Gasteiger partial charge >= 0.3 is 0 Å². The topological polar surface area (TPSA) is 55.1 Å². The molecular weight excluding hydrogens is 284 g/mol. The number of Topliss-reactive ketones (excluding diaryl/α,β-unsaturated/α-hetero) is 1. The number of carbonyl (C=O) groups excluding carboxylic acids is 1. The van der Waals surface area contributed by atoms with Crippen LogP contribution in [0.5, 0.6) is 0 Å². The summed E-state index contributed by atoms with van der Waals surface area (Å²) >= 11 is 3.44. The number of ketones is 1. The molecule has 4 nitrogen and oxygen atoms in total. The molecule has 1 aromatic rings. The Morgan fingerprint density at radius 3 is 2.59 bits per heavy atom. The van der Waals surface area contributed by atoms with Crippen LogP contribution in [0.2, 0.25) is 0 Å². The van der Waals surface area contributed by atoms with Gasteiger partial charge in [0, 0.05) is 6.54 Å². The monoisotopic (exact) mass is 302 g/mol. The van der Waals surface area contributed by atoms with Gasteiger partial charge in [0.2, 0.25) is 0 Å². The van der Waals surface area contributed by atoms with E-state index in [1.165, 1.54) is 0 Å². The largest absolute Gasteiger partial charge is 0.382 e. The van der Waals surface area contributed by atoms with E-state index < -0.39 is 5.60 Å². The van der Waals surface area contributed by atoms with Crippen molar-refractivity contribution in [2.24, 2.45) is 0 Å². The molecule has 0 saturated heterocycles. The Labute approximate surface area is 110 Å². The summed E-state index contributed by atoms with van der Waals surface area (Å²) in [5.74, 6) is -0.171. The highest BCUT2D eigenvalue weighted by Crippen LogP contribution is 2.23. The fraction of sp³-hybridized carbons (Fsp3) is 0.667. The minimum Gasteiger partial charge on any atom is -0.382 e. The highest BCUT2D eigenvalue weighted by atomic mass is 79.9. The van der Waals surface area contributed by atoms with Gasteiger partial charge in [-0.3, -0.25) is 9.48 Å². The molecule has 1 rings (SSSR count). The molecule has 5 heteroatoms. The Bertz CT molecular complexity index is 424. The molecule has 0 saturated carbocycles. The van der Waals surface area contributed by atoms with E-state index in [0.29, 0.717) is 13.0 Å². The Kier molecular flexibility index (Phi) is 4.49. The lowest BCUT2D eigenvalue weighted by molar-refractivity contribution is -0.135. The lowest BCUT2D eigenvalue weighted by atomic mass is 9.94. The van der Waals surface area contributed by atoms with Crippen LogP contribution in [0, 0.1) is 6.92 Å². The van der Waals surface area contributed by atoms with Crippen LogP contribution in [0.4, 0.5) is 0 Å². The van der Waals surface area contributed by atoms with E-state index in [9.17, 15) is 9.90 Å². The van der Waals surface area contributed by atoms with E-state index in [1.807, 2.05) is 13.8 Å². The molecule has 1 atom stereocenters. The number of aryl methyl sites for hydroxylation is 2. The molecule has 96 valence electrons. The first kappa shape index (κ1) is 14.4. The molecule has 0 aromatic carbocycles. The zero-order valence-electron chi connectivity index (χ0n) is 10.7. The smallest absolute Gasteiger partial charge is 0.169 e. The Hall–Kier alpha value is -0.680. The van der Waals surface area contributed by atoms with Crippen LogP contribution in [-0.4, -0.2) is 26.3 Å². The molecule has 0 fully saturated rings. The Balaban J connectivity index is 2.99. The molecule has 0 bridgehead atoms. The van der Waals surface area contributed by atoms with Crippen LogP contribution in [0.3, 0.4) is 0 Å². The number of hydrogen-bond donors (Lipinski definition) is 1. The van der Waals surface area contributed by atoms with E-state index in [4.69, 9.17) is 0 Å². The number of aliphatic hydroxyl groups is 1. The van der Waals surface area contributed by atoms with E-state index >= 15 is 0 Å². The quantitative estimate of drug-likeness (QED) is 0.907. The number of rotatable bonds is 5. The second kappa shape index (κ2) is 5.31. The fourth-order valence-electron chi connectivity index (χ4n) is 1.58. The minimum absolute atomic E-state index is 0.171. The molecule has 1 N–H and O–H groups in total. The summed E-state index contributed by atoms with van der Waals surface area (Å²) in [7, 11) is 0. The van der Waals surface area contributed by atoms with E-state index in [1.54, 1.807) is 18.5 Å². The van der Waals surface area contributed by atoms with E-state index in [2.05, 4.69) is 21.0 Å². The van der Waals surface area contributed by atoms with Crippen LogP contribution >= 0.6 is 15.9 Å². The average molecular weight is 303 g/mol. The van der Waals surface area contributed by atoms with Gasteiger partial charge in [0.15, 0.2) is 5.78 Å². The van der Waals surface area contributed by atoms with Crippen molar-refractivity contribution in [3.05, 3.63) is 15.9 Å². The van der Waals surface area contributed by atoms with Crippen molar-refractivity contribution in [3.8, 4) is 0 Å². The summed E-state index contributed by atoms with van der Waals surface area (Å²) in [6, 6.07) is 0. The van der Waals surface area contributed by atoms with Gasteiger partial charge in [-0.05, 0) is 43.1 Å². The molecule has 1 aromatic heterocycles. The second-order valence-electron chi connectivity index (χ2n) is 4.39. The lowest BCUT2D eigenvalue weighted by Crippen LogP contribution is -2.36. The zero-order valence-corrected chi connectivity index (χ0v) is 12.3. The highest BCUT2D eigenvalue weighted by molar-refractivity contribution is 9.10. The van der Waals surface area contributed by atoms with Gasteiger partial charge in [0.1, 0.15) is 5.60 Å². The van der Waals surface area contributed by atoms with E-state index in [0.717, 1.165) is 15.9 Å². The molecule has 1 heterocycles. The van der Waals surface area contributed by atoms with Crippen LogP contribution in [0.15, 0.2) is 4.47 Å². The molecular formula is C12H19BrN2O2. The van der Waals surface area contributed by atoms with Gasteiger partial charge in [0.25, 0.3) is 0 Å². The number of aromatic nitrogens is 2.